The zero-order valence-electron chi connectivity index (χ0n) is 10.7. The van der Waals surface area contributed by atoms with Crippen molar-refractivity contribution in [2.75, 3.05) is 6.61 Å². The van der Waals surface area contributed by atoms with Crippen LogP contribution >= 0.6 is 0 Å². The number of esters is 1. The van der Waals surface area contributed by atoms with Gasteiger partial charge in [-0.1, -0.05) is 45.1 Å². The molecule has 0 aliphatic carbocycles. The topological polar surface area (TPSA) is 26.3 Å². The van der Waals surface area contributed by atoms with Crippen LogP contribution in [0.1, 0.15) is 46.5 Å². The van der Waals surface area contributed by atoms with Crippen LogP contribution in [0.15, 0.2) is 24.3 Å². The molecular weight excluding hydrogens is 200 g/mol. The molecule has 92 valence electrons. The largest absolute Gasteiger partial charge is 0.465 e. The van der Waals surface area contributed by atoms with Crippen LogP contribution in [0.4, 0.5) is 0 Å². The van der Waals surface area contributed by atoms with Crippen LogP contribution in [0.3, 0.4) is 0 Å². The zero-order valence-corrected chi connectivity index (χ0v) is 10.7. The van der Waals surface area contributed by atoms with E-state index in [4.69, 9.17) is 4.74 Å². The molecule has 0 aromatic carbocycles. The summed E-state index contributed by atoms with van der Waals surface area (Å²) in [5.74, 6) is -0.0572. The maximum Gasteiger partial charge on any atom is 0.308 e. The first-order chi connectivity index (χ1) is 7.72. The number of ether oxygens (including phenoxy) is 1. The number of hydrogen-bond acceptors (Lipinski definition) is 2. The van der Waals surface area contributed by atoms with E-state index in [9.17, 15) is 4.79 Å². The Bertz CT molecular complexity index is 229. The van der Waals surface area contributed by atoms with Crippen LogP contribution in [0, 0.1) is 5.92 Å². The van der Waals surface area contributed by atoms with E-state index in [0.29, 0.717) is 6.61 Å². The van der Waals surface area contributed by atoms with Gasteiger partial charge in [-0.25, -0.2) is 0 Å². The van der Waals surface area contributed by atoms with Gasteiger partial charge in [0.15, 0.2) is 0 Å². The first-order valence-electron chi connectivity index (χ1n) is 6.19. The van der Waals surface area contributed by atoms with E-state index in [2.05, 4.69) is 31.2 Å². The Hall–Kier alpha value is -1.05. The normalized spacial score (nSPS) is 13.4. The molecule has 0 rings (SSSR count). The molecule has 0 amide bonds. The second-order valence-electron chi connectivity index (χ2n) is 3.85. The van der Waals surface area contributed by atoms with Crippen molar-refractivity contribution in [1.29, 1.82) is 0 Å². The third-order valence-corrected chi connectivity index (χ3v) is 2.38. The molecule has 0 bridgehead atoms. The van der Waals surface area contributed by atoms with E-state index in [-0.39, 0.29) is 11.9 Å². The minimum atomic E-state index is -0.0817. The molecule has 0 aliphatic rings. The second-order valence-corrected chi connectivity index (χ2v) is 3.85. The van der Waals surface area contributed by atoms with E-state index in [1.54, 1.807) is 0 Å². The Labute approximate surface area is 99.4 Å². The molecule has 0 aromatic heterocycles. The standard InChI is InChI=1S/C14H24O2/c1-4-6-7-8-9-10-11-12-16-14(15)13(3)5-2/h6-7,9-10,13H,4-5,8,11-12H2,1-3H3/b7-6+,10-9+. The summed E-state index contributed by atoms with van der Waals surface area (Å²) in [5.41, 5.74) is 0. The average molecular weight is 224 g/mol. The van der Waals surface area contributed by atoms with Crippen molar-refractivity contribution in [2.24, 2.45) is 5.92 Å². The molecular formula is C14H24O2. The maximum absolute atomic E-state index is 11.3. The van der Waals surface area contributed by atoms with Gasteiger partial charge >= 0.3 is 5.97 Å². The molecule has 0 aromatic rings. The SMILES string of the molecule is CC/C=C/C/C=C/CCOC(=O)C(C)CC. The van der Waals surface area contributed by atoms with Crippen molar-refractivity contribution >= 4 is 5.97 Å². The van der Waals surface area contributed by atoms with Gasteiger partial charge in [0.2, 0.25) is 0 Å². The fourth-order valence-electron chi connectivity index (χ4n) is 1.09. The Morgan fingerprint density at radius 1 is 1.19 bits per heavy atom. The van der Waals surface area contributed by atoms with E-state index in [1.165, 1.54) is 0 Å². The fraction of sp³-hybridized carbons (Fsp3) is 0.643. The smallest absolute Gasteiger partial charge is 0.308 e. The van der Waals surface area contributed by atoms with Crippen LogP contribution in [0.2, 0.25) is 0 Å². The van der Waals surface area contributed by atoms with E-state index in [0.717, 1.165) is 25.7 Å². The minimum absolute atomic E-state index is 0.0245. The molecule has 16 heavy (non-hydrogen) atoms. The van der Waals surface area contributed by atoms with Crippen LogP contribution in [0.5, 0.6) is 0 Å². The molecule has 0 spiro atoms. The van der Waals surface area contributed by atoms with E-state index in [1.807, 2.05) is 13.8 Å². The Morgan fingerprint density at radius 3 is 2.50 bits per heavy atom. The average Bonchev–Trinajstić information content (AvgIpc) is 2.31. The van der Waals surface area contributed by atoms with Crippen LogP contribution in [-0.4, -0.2) is 12.6 Å². The highest BCUT2D eigenvalue weighted by Crippen LogP contribution is 2.03. The lowest BCUT2D eigenvalue weighted by Gasteiger charge is -2.07. The van der Waals surface area contributed by atoms with Gasteiger partial charge in [-0.2, -0.15) is 0 Å². The van der Waals surface area contributed by atoms with Gasteiger partial charge in [0, 0.05) is 0 Å². The number of carbonyl (C=O) groups is 1. The monoisotopic (exact) mass is 224 g/mol. The summed E-state index contributed by atoms with van der Waals surface area (Å²) in [6.07, 6.45) is 12.1. The highest BCUT2D eigenvalue weighted by molar-refractivity contribution is 5.71. The van der Waals surface area contributed by atoms with Gasteiger partial charge in [0.1, 0.15) is 0 Å². The number of rotatable bonds is 8. The lowest BCUT2D eigenvalue weighted by atomic mass is 10.1. The molecule has 0 N–H and O–H groups in total. The lowest BCUT2D eigenvalue weighted by Crippen LogP contribution is -2.14. The highest BCUT2D eigenvalue weighted by atomic mass is 16.5. The predicted octanol–water partition coefficient (Wildman–Crippen LogP) is 3.88. The number of allylic oxidation sites excluding steroid dienone is 3. The fourth-order valence-corrected chi connectivity index (χ4v) is 1.09. The van der Waals surface area contributed by atoms with Crippen molar-refractivity contribution < 1.29 is 9.53 Å². The molecule has 0 fully saturated rings. The van der Waals surface area contributed by atoms with Gasteiger partial charge in [-0.15, -0.1) is 0 Å². The van der Waals surface area contributed by atoms with Gasteiger partial charge < -0.3 is 4.74 Å². The van der Waals surface area contributed by atoms with E-state index >= 15 is 0 Å². The summed E-state index contributed by atoms with van der Waals surface area (Å²) in [7, 11) is 0. The van der Waals surface area contributed by atoms with Crippen LogP contribution in [-0.2, 0) is 9.53 Å². The van der Waals surface area contributed by atoms with Gasteiger partial charge in [0.05, 0.1) is 12.5 Å². The van der Waals surface area contributed by atoms with Crippen molar-refractivity contribution in [2.45, 2.75) is 46.5 Å². The minimum Gasteiger partial charge on any atom is -0.465 e. The maximum atomic E-state index is 11.3. The number of hydrogen-bond donors (Lipinski definition) is 0. The molecule has 1 atom stereocenters. The summed E-state index contributed by atoms with van der Waals surface area (Å²) in [4.78, 5) is 11.3. The van der Waals surface area contributed by atoms with Crippen molar-refractivity contribution in [3.8, 4) is 0 Å². The van der Waals surface area contributed by atoms with Crippen molar-refractivity contribution in [3.05, 3.63) is 24.3 Å². The third-order valence-electron chi connectivity index (χ3n) is 2.38. The Kier molecular flexibility index (Phi) is 9.78. The first kappa shape index (κ1) is 14.9. The molecule has 2 nitrogen and oxygen atoms in total. The molecule has 2 heteroatoms. The van der Waals surface area contributed by atoms with Gasteiger partial charge in [-0.05, 0) is 25.7 Å². The van der Waals surface area contributed by atoms with Gasteiger partial charge in [0.25, 0.3) is 0 Å². The number of carbonyl (C=O) groups excluding carboxylic acids is 1. The Balaban J connectivity index is 3.45. The molecule has 0 saturated carbocycles. The quantitative estimate of drug-likeness (QED) is 0.355. The highest BCUT2D eigenvalue weighted by Gasteiger charge is 2.10. The summed E-state index contributed by atoms with van der Waals surface area (Å²) in [6.45, 7) is 6.51. The molecule has 0 radical (unpaired) electrons. The predicted molar refractivity (Wildman–Crippen MR) is 68.2 cm³/mol. The van der Waals surface area contributed by atoms with Crippen molar-refractivity contribution in [3.63, 3.8) is 0 Å². The summed E-state index contributed by atoms with van der Waals surface area (Å²) in [6, 6.07) is 0. The third kappa shape index (κ3) is 8.27. The zero-order chi connectivity index (χ0) is 12.2. The Morgan fingerprint density at radius 2 is 1.88 bits per heavy atom. The first-order valence-corrected chi connectivity index (χ1v) is 6.19. The molecule has 0 heterocycles. The lowest BCUT2D eigenvalue weighted by molar-refractivity contribution is -0.147. The molecule has 1 unspecified atom stereocenters. The summed E-state index contributed by atoms with van der Waals surface area (Å²) < 4.78 is 5.11. The summed E-state index contributed by atoms with van der Waals surface area (Å²) >= 11 is 0. The van der Waals surface area contributed by atoms with Gasteiger partial charge in [-0.3, -0.25) is 4.79 Å². The van der Waals surface area contributed by atoms with Crippen molar-refractivity contribution in [1.82, 2.24) is 0 Å². The molecule has 0 aliphatic heterocycles. The van der Waals surface area contributed by atoms with Crippen LogP contribution < -0.4 is 0 Å². The van der Waals surface area contributed by atoms with Crippen LogP contribution in [0.25, 0.3) is 0 Å². The van der Waals surface area contributed by atoms with E-state index < -0.39 is 0 Å². The molecule has 0 saturated heterocycles. The second kappa shape index (κ2) is 10.5. The summed E-state index contributed by atoms with van der Waals surface area (Å²) in [5, 5.41) is 0.